The predicted octanol–water partition coefficient (Wildman–Crippen LogP) is 5.22. The van der Waals surface area contributed by atoms with Crippen LogP contribution in [0.3, 0.4) is 0 Å². The van der Waals surface area contributed by atoms with Gasteiger partial charge in [0.2, 0.25) is 11.8 Å². The number of para-hydroxylation sites is 1. The van der Waals surface area contributed by atoms with Crippen molar-refractivity contribution in [1.82, 2.24) is 10.2 Å². The van der Waals surface area contributed by atoms with Crippen LogP contribution < -0.4 is 5.32 Å². The Hall–Kier alpha value is -3.73. The number of nitrogens with zero attached hydrogens (tertiary/aromatic N) is 2. The second kappa shape index (κ2) is 7.88. The Balaban J connectivity index is 1.51. The molecule has 1 heterocycles. The molecule has 138 valence electrons. The van der Waals surface area contributed by atoms with Crippen LogP contribution >= 0.6 is 0 Å². The summed E-state index contributed by atoms with van der Waals surface area (Å²) in [4.78, 5) is 12.6. The van der Waals surface area contributed by atoms with E-state index < -0.39 is 0 Å². The molecule has 0 spiro atoms. The molecule has 4 rings (SSSR count). The SMILES string of the molecule is CCc1ccccc1NC(=O)c1ccc(-c2nnc(-c3ccccc3)o2)cc1. The number of hydrogen-bond donors (Lipinski definition) is 1. The molecule has 0 unspecified atom stereocenters. The largest absolute Gasteiger partial charge is 0.416 e. The number of rotatable bonds is 5. The zero-order valence-electron chi connectivity index (χ0n) is 15.4. The van der Waals surface area contributed by atoms with Gasteiger partial charge in [-0.15, -0.1) is 10.2 Å². The van der Waals surface area contributed by atoms with Gasteiger partial charge in [-0.1, -0.05) is 43.3 Å². The Kier molecular flexibility index (Phi) is 4.97. The summed E-state index contributed by atoms with van der Waals surface area (Å²) in [6.07, 6.45) is 0.857. The van der Waals surface area contributed by atoms with Crippen LogP contribution in [0.2, 0.25) is 0 Å². The van der Waals surface area contributed by atoms with Gasteiger partial charge in [-0.3, -0.25) is 4.79 Å². The molecule has 4 aromatic rings. The number of hydrogen-bond acceptors (Lipinski definition) is 4. The van der Waals surface area contributed by atoms with Crippen LogP contribution in [0.15, 0.2) is 83.3 Å². The number of aromatic nitrogens is 2. The van der Waals surface area contributed by atoms with Gasteiger partial charge < -0.3 is 9.73 Å². The van der Waals surface area contributed by atoms with Crippen LogP contribution in [0, 0.1) is 0 Å². The summed E-state index contributed by atoms with van der Waals surface area (Å²) in [6, 6.07) is 24.5. The molecule has 0 aliphatic carbocycles. The molecule has 28 heavy (non-hydrogen) atoms. The maximum Gasteiger partial charge on any atom is 0.255 e. The van der Waals surface area contributed by atoms with Crippen molar-refractivity contribution in [2.24, 2.45) is 0 Å². The van der Waals surface area contributed by atoms with Gasteiger partial charge in [0.25, 0.3) is 5.91 Å². The van der Waals surface area contributed by atoms with Gasteiger partial charge >= 0.3 is 0 Å². The molecule has 0 aliphatic rings. The lowest BCUT2D eigenvalue weighted by atomic mass is 10.1. The minimum Gasteiger partial charge on any atom is -0.416 e. The van der Waals surface area contributed by atoms with Crippen LogP contribution in [-0.2, 0) is 6.42 Å². The zero-order chi connectivity index (χ0) is 19.3. The maximum absolute atomic E-state index is 12.6. The molecule has 3 aromatic carbocycles. The number of anilines is 1. The van der Waals surface area contributed by atoms with Crippen molar-refractivity contribution in [2.75, 3.05) is 5.32 Å². The van der Waals surface area contributed by atoms with E-state index in [1.54, 1.807) is 12.1 Å². The van der Waals surface area contributed by atoms with E-state index >= 15 is 0 Å². The van der Waals surface area contributed by atoms with Crippen molar-refractivity contribution in [3.05, 3.63) is 90.0 Å². The Labute approximate surface area is 163 Å². The molecule has 0 atom stereocenters. The molecule has 0 radical (unpaired) electrons. The van der Waals surface area contributed by atoms with Crippen molar-refractivity contribution in [1.29, 1.82) is 0 Å². The van der Waals surface area contributed by atoms with Crippen LogP contribution in [0.4, 0.5) is 5.69 Å². The molecule has 5 nitrogen and oxygen atoms in total. The number of carbonyl (C=O) groups is 1. The predicted molar refractivity (Wildman–Crippen MR) is 109 cm³/mol. The number of amides is 1. The van der Waals surface area contributed by atoms with E-state index in [0.29, 0.717) is 17.3 Å². The summed E-state index contributed by atoms with van der Waals surface area (Å²) >= 11 is 0. The van der Waals surface area contributed by atoms with E-state index in [-0.39, 0.29) is 5.91 Å². The normalized spacial score (nSPS) is 10.6. The maximum atomic E-state index is 12.6. The average molecular weight is 369 g/mol. The van der Waals surface area contributed by atoms with Gasteiger partial charge in [0.1, 0.15) is 0 Å². The fourth-order valence-corrected chi connectivity index (χ4v) is 2.95. The monoisotopic (exact) mass is 369 g/mol. The minimum absolute atomic E-state index is 0.150. The van der Waals surface area contributed by atoms with Crippen LogP contribution in [0.25, 0.3) is 22.9 Å². The Bertz CT molecular complexity index is 1090. The van der Waals surface area contributed by atoms with Gasteiger partial charge in [0, 0.05) is 22.4 Å². The van der Waals surface area contributed by atoms with Gasteiger partial charge in [0.05, 0.1) is 0 Å². The molecule has 0 saturated heterocycles. The molecule has 5 heteroatoms. The summed E-state index contributed by atoms with van der Waals surface area (Å²) in [7, 11) is 0. The van der Waals surface area contributed by atoms with Crippen molar-refractivity contribution in [3.8, 4) is 22.9 Å². The van der Waals surface area contributed by atoms with Crippen LogP contribution in [-0.4, -0.2) is 16.1 Å². The Morgan fingerprint density at radius 2 is 1.43 bits per heavy atom. The topological polar surface area (TPSA) is 68.0 Å². The highest BCUT2D eigenvalue weighted by Gasteiger charge is 2.12. The Morgan fingerprint density at radius 1 is 0.821 bits per heavy atom. The summed E-state index contributed by atoms with van der Waals surface area (Å²) < 4.78 is 5.76. The third-order valence-corrected chi connectivity index (χ3v) is 4.49. The third-order valence-electron chi connectivity index (χ3n) is 4.49. The van der Waals surface area contributed by atoms with E-state index in [1.165, 1.54) is 0 Å². The first-order valence-corrected chi connectivity index (χ1v) is 9.13. The molecule has 1 aromatic heterocycles. The van der Waals surface area contributed by atoms with Crippen molar-refractivity contribution < 1.29 is 9.21 Å². The van der Waals surface area contributed by atoms with E-state index in [4.69, 9.17) is 4.42 Å². The summed E-state index contributed by atoms with van der Waals surface area (Å²) in [5, 5.41) is 11.2. The molecule has 1 N–H and O–H groups in total. The summed E-state index contributed by atoms with van der Waals surface area (Å²) in [6.45, 7) is 2.06. The highest BCUT2D eigenvalue weighted by atomic mass is 16.4. The van der Waals surface area contributed by atoms with Crippen LogP contribution in [0.5, 0.6) is 0 Å². The first-order valence-electron chi connectivity index (χ1n) is 9.13. The molecule has 0 aliphatic heterocycles. The lowest BCUT2D eigenvalue weighted by Gasteiger charge is -2.09. The fourth-order valence-electron chi connectivity index (χ4n) is 2.95. The molecular formula is C23H19N3O2. The molecule has 1 amide bonds. The van der Waals surface area contributed by atoms with Gasteiger partial charge in [-0.2, -0.15) is 0 Å². The van der Waals surface area contributed by atoms with Crippen LogP contribution in [0.1, 0.15) is 22.8 Å². The lowest BCUT2D eigenvalue weighted by Crippen LogP contribution is -2.13. The fraction of sp³-hybridized carbons (Fsp3) is 0.0870. The summed E-state index contributed by atoms with van der Waals surface area (Å²) in [5.74, 6) is 0.735. The standard InChI is InChI=1S/C23H19N3O2/c1-2-16-8-6-7-11-20(16)24-21(27)17-12-14-19(15-13-17)23-26-25-22(28-23)18-9-4-3-5-10-18/h3-15H,2H2,1H3,(H,24,27). The molecule has 0 fully saturated rings. The van der Waals surface area contributed by atoms with Crippen molar-refractivity contribution in [3.63, 3.8) is 0 Å². The molecular weight excluding hydrogens is 350 g/mol. The first kappa shape index (κ1) is 17.7. The van der Waals surface area contributed by atoms with Gasteiger partial charge in [-0.25, -0.2) is 0 Å². The highest BCUT2D eigenvalue weighted by Crippen LogP contribution is 2.24. The average Bonchev–Trinajstić information content (AvgIpc) is 3.25. The zero-order valence-corrected chi connectivity index (χ0v) is 15.4. The van der Waals surface area contributed by atoms with E-state index in [0.717, 1.165) is 28.8 Å². The van der Waals surface area contributed by atoms with Crippen molar-refractivity contribution in [2.45, 2.75) is 13.3 Å². The molecule has 0 saturated carbocycles. The van der Waals surface area contributed by atoms with E-state index in [2.05, 4.69) is 22.4 Å². The highest BCUT2D eigenvalue weighted by molar-refractivity contribution is 6.04. The van der Waals surface area contributed by atoms with Crippen molar-refractivity contribution >= 4 is 11.6 Å². The van der Waals surface area contributed by atoms with E-state index in [1.807, 2.05) is 66.7 Å². The number of nitrogens with one attached hydrogen (secondary N) is 1. The number of benzene rings is 3. The van der Waals surface area contributed by atoms with Gasteiger partial charge in [0.15, 0.2) is 0 Å². The lowest BCUT2D eigenvalue weighted by molar-refractivity contribution is 0.102. The number of carbonyl (C=O) groups excluding carboxylic acids is 1. The summed E-state index contributed by atoms with van der Waals surface area (Å²) in [5.41, 5.74) is 4.14. The number of aryl methyl sites for hydroxylation is 1. The second-order valence-corrected chi connectivity index (χ2v) is 6.32. The van der Waals surface area contributed by atoms with E-state index in [9.17, 15) is 4.79 Å². The quantitative estimate of drug-likeness (QED) is 0.524. The third kappa shape index (κ3) is 3.69. The Morgan fingerprint density at radius 3 is 2.11 bits per heavy atom. The van der Waals surface area contributed by atoms with Gasteiger partial charge in [-0.05, 0) is 54.4 Å². The minimum atomic E-state index is -0.150. The molecule has 0 bridgehead atoms. The first-order chi connectivity index (χ1) is 13.7. The second-order valence-electron chi connectivity index (χ2n) is 6.32. The smallest absolute Gasteiger partial charge is 0.255 e.